The second kappa shape index (κ2) is 9.10. The minimum atomic E-state index is -0.915. The number of anilines is 1. The third-order valence-corrected chi connectivity index (χ3v) is 5.88. The summed E-state index contributed by atoms with van der Waals surface area (Å²) in [7, 11) is 0. The lowest BCUT2D eigenvalue weighted by Gasteiger charge is -2.14. The van der Waals surface area contributed by atoms with Crippen LogP contribution in [0.15, 0.2) is 70.6 Å². The average molecular weight is 472 g/mol. The van der Waals surface area contributed by atoms with Crippen molar-refractivity contribution in [1.82, 2.24) is 9.55 Å². The van der Waals surface area contributed by atoms with E-state index in [2.05, 4.69) is 10.3 Å². The highest BCUT2D eigenvalue weighted by atomic mass is 35.5. The molecule has 0 bridgehead atoms. The van der Waals surface area contributed by atoms with Crippen molar-refractivity contribution in [3.05, 3.63) is 93.2 Å². The first kappa shape index (κ1) is 22.0. The SMILES string of the molecule is Cc1ccc(NC(=O)CSc2nc3ccccc3c(=O)n2-c2ccc(F)cc2F)c(Cl)c1. The largest absolute Gasteiger partial charge is 0.324 e. The Kier molecular flexibility index (Phi) is 6.25. The average Bonchev–Trinajstić information content (AvgIpc) is 2.75. The molecule has 0 saturated heterocycles. The van der Waals surface area contributed by atoms with Crippen molar-refractivity contribution in [1.29, 1.82) is 0 Å². The summed E-state index contributed by atoms with van der Waals surface area (Å²) in [6, 6.07) is 14.8. The zero-order valence-corrected chi connectivity index (χ0v) is 18.3. The summed E-state index contributed by atoms with van der Waals surface area (Å²) < 4.78 is 29.0. The van der Waals surface area contributed by atoms with Crippen LogP contribution < -0.4 is 10.9 Å². The highest BCUT2D eigenvalue weighted by Gasteiger charge is 2.18. The van der Waals surface area contributed by atoms with Crippen molar-refractivity contribution >= 4 is 45.9 Å². The van der Waals surface area contributed by atoms with Gasteiger partial charge < -0.3 is 5.32 Å². The van der Waals surface area contributed by atoms with Gasteiger partial charge in [0.15, 0.2) is 5.16 Å². The summed E-state index contributed by atoms with van der Waals surface area (Å²) >= 11 is 7.12. The summed E-state index contributed by atoms with van der Waals surface area (Å²) in [5.41, 5.74) is 1.13. The number of carbonyl (C=O) groups excluding carboxylic acids is 1. The summed E-state index contributed by atoms with van der Waals surface area (Å²) in [5, 5.41) is 3.48. The molecule has 0 fully saturated rings. The predicted octanol–water partition coefficient (Wildman–Crippen LogP) is 5.36. The number of hydrogen-bond donors (Lipinski definition) is 1. The van der Waals surface area contributed by atoms with Gasteiger partial charge in [0.25, 0.3) is 5.56 Å². The first-order valence-corrected chi connectivity index (χ1v) is 10.9. The molecule has 0 spiro atoms. The third kappa shape index (κ3) is 4.51. The number of para-hydroxylation sites is 1. The molecule has 0 aliphatic rings. The van der Waals surface area contributed by atoms with Gasteiger partial charge in [0.1, 0.15) is 11.6 Å². The van der Waals surface area contributed by atoms with Gasteiger partial charge in [0.05, 0.1) is 33.1 Å². The molecule has 0 radical (unpaired) electrons. The number of nitrogens with one attached hydrogen (secondary N) is 1. The van der Waals surface area contributed by atoms with Gasteiger partial charge in [-0.3, -0.25) is 14.2 Å². The fourth-order valence-electron chi connectivity index (χ4n) is 3.12. The summed E-state index contributed by atoms with van der Waals surface area (Å²) in [6.45, 7) is 1.88. The molecule has 1 aromatic heterocycles. The molecule has 4 aromatic rings. The summed E-state index contributed by atoms with van der Waals surface area (Å²) in [4.78, 5) is 30.1. The van der Waals surface area contributed by atoms with Crippen LogP contribution in [0, 0.1) is 18.6 Å². The lowest BCUT2D eigenvalue weighted by atomic mass is 10.2. The molecular formula is C23H16ClF2N3O2S. The van der Waals surface area contributed by atoms with Crippen molar-refractivity contribution in [3.8, 4) is 5.69 Å². The maximum atomic E-state index is 14.5. The lowest BCUT2D eigenvalue weighted by Crippen LogP contribution is -2.23. The quantitative estimate of drug-likeness (QED) is 0.314. The van der Waals surface area contributed by atoms with Crippen LogP contribution in [-0.4, -0.2) is 21.2 Å². The van der Waals surface area contributed by atoms with Gasteiger partial charge in [-0.1, -0.05) is 41.6 Å². The minimum Gasteiger partial charge on any atom is -0.324 e. The van der Waals surface area contributed by atoms with Crippen molar-refractivity contribution in [2.45, 2.75) is 12.1 Å². The monoisotopic (exact) mass is 471 g/mol. The van der Waals surface area contributed by atoms with Gasteiger partial charge in [-0.2, -0.15) is 0 Å². The van der Waals surface area contributed by atoms with Gasteiger partial charge in [-0.05, 0) is 48.9 Å². The smallest absolute Gasteiger partial charge is 0.266 e. The van der Waals surface area contributed by atoms with E-state index in [9.17, 15) is 18.4 Å². The number of halogens is 3. The molecule has 0 unspecified atom stereocenters. The number of amides is 1. The van der Waals surface area contributed by atoms with E-state index < -0.39 is 17.2 Å². The Hall–Kier alpha value is -3.23. The number of benzene rings is 3. The van der Waals surface area contributed by atoms with Crippen LogP contribution in [0.1, 0.15) is 5.56 Å². The standard InChI is InChI=1S/C23H16ClF2N3O2S/c1-13-6-8-19(16(24)10-13)27-21(30)12-32-23-28-18-5-3-2-4-15(18)22(31)29(23)20-9-7-14(25)11-17(20)26/h2-11H,12H2,1H3,(H,27,30). The molecule has 0 aliphatic carbocycles. The van der Waals surface area contributed by atoms with Crippen LogP contribution in [0.25, 0.3) is 16.6 Å². The highest BCUT2D eigenvalue weighted by Crippen LogP contribution is 2.25. The van der Waals surface area contributed by atoms with E-state index in [1.165, 1.54) is 6.07 Å². The normalized spacial score (nSPS) is 11.0. The number of hydrogen-bond acceptors (Lipinski definition) is 4. The molecule has 1 heterocycles. The fraction of sp³-hybridized carbons (Fsp3) is 0.0870. The molecule has 32 heavy (non-hydrogen) atoms. The minimum absolute atomic E-state index is 0.101. The number of rotatable bonds is 5. The molecule has 9 heteroatoms. The molecular weight excluding hydrogens is 456 g/mol. The number of nitrogens with zero attached hydrogens (tertiary/aromatic N) is 2. The molecule has 4 rings (SSSR count). The first-order valence-electron chi connectivity index (χ1n) is 9.49. The van der Waals surface area contributed by atoms with Gasteiger partial charge in [0.2, 0.25) is 5.91 Å². The molecule has 0 saturated carbocycles. The van der Waals surface area contributed by atoms with E-state index in [1.807, 2.05) is 13.0 Å². The molecule has 0 aliphatic heterocycles. The zero-order chi connectivity index (χ0) is 22.8. The lowest BCUT2D eigenvalue weighted by molar-refractivity contribution is -0.113. The number of carbonyl (C=O) groups is 1. The topological polar surface area (TPSA) is 64.0 Å². The predicted molar refractivity (Wildman–Crippen MR) is 123 cm³/mol. The highest BCUT2D eigenvalue weighted by molar-refractivity contribution is 7.99. The van der Waals surface area contributed by atoms with E-state index in [0.29, 0.717) is 22.3 Å². The van der Waals surface area contributed by atoms with Crippen LogP contribution >= 0.6 is 23.4 Å². The Morgan fingerprint density at radius 2 is 1.91 bits per heavy atom. The first-order chi connectivity index (χ1) is 15.3. The number of thioether (sulfide) groups is 1. The maximum absolute atomic E-state index is 14.5. The van der Waals surface area contributed by atoms with E-state index in [-0.39, 0.29) is 27.9 Å². The van der Waals surface area contributed by atoms with Crippen LogP contribution in [-0.2, 0) is 4.79 Å². The molecule has 0 atom stereocenters. The van der Waals surface area contributed by atoms with Crippen molar-refractivity contribution < 1.29 is 13.6 Å². The van der Waals surface area contributed by atoms with Crippen LogP contribution in [0.2, 0.25) is 5.02 Å². The zero-order valence-electron chi connectivity index (χ0n) is 16.7. The molecule has 1 N–H and O–H groups in total. The van der Waals surface area contributed by atoms with Gasteiger partial charge in [-0.15, -0.1) is 0 Å². The molecule has 1 amide bonds. The van der Waals surface area contributed by atoms with E-state index in [0.717, 1.165) is 28.0 Å². The Balaban J connectivity index is 1.69. The second-order valence-corrected chi connectivity index (χ2v) is 8.32. The van der Waals surface area contributed by atoms with E-state index in [4.69, 9.17) is 11.6 Å². The van der Waals surface area contributed by atoms with Gasteiger partial charge >= 0.3 is 0 Å². The summed E-state index contributed by atoms with van der Waals surface area (Å²) in [6.07, 6.45) is 0. The number of fused-ring (bicyclic) bond motifs is 1. The Labute approximate surface area is 191 Å². The van der Waals surface area contributed by atoms with E-state index in [1.54, 1.807) is 36.4 Å². The van der Waals surface area contributed by atoms with Crippen LogP contribution in [0.4, 0.5) is 14.5 Å². The third-order valence-electron chi connectivity index (χ3n) is 4.63. The van der Waals surface area contributed by atoms with Gasteiger partial charge in [0, 0.05) is 6.07 Å². The number of aryl methyl sites for hydroxylation is 1. The van der Waals surface area contributed by atoms with Crippen LogP contribution in [0.3, 0.4) is 0 Å². The fourth-order valence-corrected chi connectivity index (χ4v) is 4.21. The Morgan fingerprint density at radius 1 is 1.12 bits per heavy atom. The van der Waals surface area contributed by atoms with E-state index >= 15 is 0 Å². The Bertz CT molecular complexity index is 1410. The summed E-state index contributed by atoms with van der Waals surface area (Å²) in [5.74, 6) is -2.18. The van der Waals surface area contributed by atoms with Crippen LogP contribution in [0.5, 0.6) is 0 Å². The van der Waals surface area contributed by atoms with Crippen molar-refractivity contribution in [2.75, 3.05) is 11.1 Å². The molecule has 5 nitrogen and oxygen atoms in total. The molecule has 3 aromatic carbocycles. The number of aromatic nitrogens is 2. The van der Waals surface area contributed by atoms with Gasteiger partial charge in [-0.25, -0.2) is 13.8 Å². The van der Waals surface area contributed by atoms with Crippen molar-refractivity contribution in [2.24, 2.45) is 0 Å². The Morgan fingerprint density at radius 3 is 2.66 bits per heavy atom. The van der Waals surface area contributed by atoms with Crippen molar-refractivity contribution in [3.63, 3.8) is 0 Å². The second-order valence-electron chi connectivity index (χ2n) is 6.97. The maximum Gasteiger partial charge on any atom is 0.266 e. The molecule has 162 valence electrons.